The molecule has 2 aromatic rings. The Morgan fingerprint density at radius 2 is 1.81 bits per heavy atom. The molecule has 0 unspecified atom stereocenters. The highest BCUT2D eigenvalue weighted by Crippen LogP contribution is 2.25. The zero-order valence-corrected chi connectivity index (χ0v) is 13.0. The van der Waals surface area contributed by atoms with Gasteiger partial charge in [-0.15, -0.1) is 0 Å². The van der Waals surface area contributed by atoms with Gasteiger partial charge in [0.25, 0.3) is 5.91 Å². The number of carbonyl (C=O) groups is 1. The van der Waals surface area contributed by atoms with Crippen LogP contribution < -0.4 is 11.1 Å². The lowest BCUT2D eigenvalue weighted by atomic mass is 10.1. The van der Waals surface area contributed by atoms with Crippen LogP contribution >= 0.6 is 15.9 Å². The van der Waals surface area contributed by atoms with E-state index >= 15 is 0 Å². The number of benzene rings is 2. The van der Waals surface area contributed by atoms with Crippen LogP contribution in [-0.2, 0) is 0 Å². The van der Waals surface area contributed by atoms with E-state index in [0.717, 1.165) is 12.1 Å². The van der Waals surface area contributed by atoms with Gasteiger partial charge in [-0.25, -0.2) is 8.78 Å². The Morgan fingerprint density at radius 3 is 2.48 bits per heavy atom. The average molecular weight is 355 g/mol. The van der Waals surface area contributed by atoms with Gasteiger partial charge in [-0.05, 0) is 43.2 Å². The maximum absolute atomic E-state index is 13.8. The van der Waals surface area contributed by atoms with E-state index in [1.165, 1.54) is 6.92 Å². The standard InChI is InChI=1S/C15H13BrF2N2O/c1-7-3-12(18)14(6-11(7)17)20-15(21)10-4-9(16)5-13(19)8(10)2/h3-6H,19H2,1-2H3,(H,20,21). The van der Waals surface area contributed by atoms with E-state index in [1.807, 2.05) is 0 Å². The first kappa shape index (κ1) is 15.4. The third kappa shape index (κ3) is 3.21. The number of rotatable bonds is 2. The zero-order valence-electron chi connectivity index (χ0n) is 11.4. The first-order valence-corrected chi connectivity index (χ1v) is 6.91. The summed E-state index contributed by atoms with van der Waals surface area (Å²) < 4.78 is 27.9. The average Bonchev–Trinajstić information content (AvgIpc) is 2.40. The van der Waals surface area contributed by atoms with Crippen LogP contribution in [0.25, 0.3) is 0 Å². The minimum atomic E-state index is -0.692. The van der Waals surface area contributed by atoms with E-state index in [-0.39, 0.29) is 11.3 Å². The van der Waals surface area contributed by atoms with E-state index in [2.05, 4.69) is 21.2 Å². The second-order valence-electron chi connectivity index (χ2n) is 4.70. The quantitative estimate of drug-likeness (QED) is 0.794. The van der Waals surface area contributed by atoms with E-state index < -0.39 is 17.5 Å². The van der Waals surface area contributed by atoms with E-state index in [9.17, 15) is 13.6 Å². The van der Waals surface area contributed by atoms with Crippen molar-refractivity contribution in [3.8, 4) is 0 Å². The summed E-state index contributed by atoms with van der Waals surface area (Å²) in [7, 11) is 0. The van der Waals surface area contributed by atoms with Crippen LogP contribution in [0.15, 0.2) is 28.7 Å². The molecular weight excluding hydrogens is 342 g/mol. The number of nitrogens with two attached hydrogens (primary N) is 1. The van der Waals surface area contributed by atoms with Crippen molar-refractivity contribution < 1.29 is 13.6 Å². The van der Waals surface area contributed by atoms with Gasteiger partial charge in [-0.2, -0.15) is 0 Å². The van der Waals surface area contributed by atoms with Crippen LogP contribution in [0.1, 0.15) is 21.5 Å². The third-order valence-corrected chi connectivity index (χ3v) is 3.61. The number of anilines is 2. The van der Waals surface area contributed by atoms with Gasteiger partial charge in [0.15, 0.2) is 0 Å². The number of hydrogen-bond acceptors (Lipinski definition) is 2. The highest BCUT2D eigenvalue weighted by molar-refractivity contribution is 9.10. The fraction of sp³-hybridized carbons (Fsp3) is 0.133. The Bertz CT molecular complexity index is 732. The molecule has 2 aromatic carbocycles. The first-order chi connectivity index (χ1) is 9.79. The molecule has 0 spiro atoms. The fourth-order valence-corrected chi connectivity index (χ4v) is 2.34. The highest BCUT2D eigenvalue weighted by atomic mass is 79.9. The molecule has 3 nitrogen and oxygen atoms in total. The molecule has 0 atom stereocenters. The molecule has 0 fully saturated rings. The van der Waals surface area contributed by atoms with E-state index in [4.69, 9.17) is 5.73 Å². The zero-order chi connectivity index (χ0) is 15.7. The summed E-state index contributed by atoms with van der Waals surface area (Å²) in [5, 5.41) is 2.36. The number of nitrogen functional groups attached to an aromatic ring is 1. The fourth-order valence-electron chi connectivity index (χ4n) is 1.87. The molecule has 1 amide bonds. The Balaban J connectivity index is 2.37. The minimum absolute atomic E-state index is 0.174. The third-order valence-electron chi connectivity index (χ3n) is 3.15. The van der Waals surface area contributed by atoms with Crippen molar-refractivity contribution in [2.75, 3.05) is 11.1 Å². The molecule has 6 heteroatoms. The molecule has 2 rings (SSSR count). The number of aryl methyl sites for hydroxylation is 1. The van der Waals surface area contributed by atoms with Crippen LogP contribution in [0.5, 0.6) is 0 Å². The maximum Gasteiger partial charge on any atom is 0.256 e. The summed E-state index contributed by atoms with van der Waals surface area (Å²) in [4.78, 5) is 12.2. The van der Waals surface area contributed by atoms with Gasteiger partial charge in [0.1, 0.15) is 11.6 Å². The number of amides is 1. The molecule has 0 saturated carbocycles. The summed E-state index contributed by atoms with van der Waals surface area (Å²) >= 11 is 3.24. The molecule has 0 heterocycles. The summed E-state index contributed by atoms with van der Waals surface area (Å²) in [6.07, 6.45) is 0. The van der Waals surface area contributed by atoms with Crippen molar-refractivity contribution in [2.24, 2.45) is 0 Å². The smallest absolute Gasteiger partial charge is 0.256 e. The molecule has 0 saturated heterocycles. The van der Waals surface area contributed by atoms with Gasteiger partial charge in [0.2, 0.25) is 0 Å². The lowest BCUT2D eigenvalue weighted by molar-refractivity contribution is 0.102. The van der Waals surface area contributed by atoms with Gasteiger partial charge in [-0.1, -0.05) is 15.9 Å². The van der Waals surface area contributed by atoms with E-state index in [0.29, 0.717) is 21.3 Å². The maximum atomic E-state index is 13.8. The number of halogens is 3. The van der Waals surface area contributed by atoms with Crippen molar-refractivity contribution in [1.82, 2.24) is 0 Å². The Morgan fingerprint density at radius 1 is 1.14 bits per heavy atom. The van der Waals surface area contributed by atoms with Crippen molar-refractivity contribution in [2.45, 2.75) is 13.8 Å². The molecule has 110 valence electrons. The summed E-state index contributed by atoms with van der Waals surface area (Å²) in [5.41, 5.74) is 7.05. The molecule has 0 aliphatic carbocycles. The first-order valence-electron chi connectivity index (χ1n) is 6.12. The SMILES string of the molecule is Cc1cc(F)c(NC(=O)c2cc(Br)cc(N)c2C)cc1F. The second kappa shape index (κ2) is 5.81. The van der Waals surface area contributed by atoms with Crippen LogP contribution in [0.4, 0.5) is 20.2 Å². The topological polar surface area (TPSA) is 55.1 Å². The molecule has 0 aliphatic rings. The van der Waals surface area contributed by atoms with Crippen LogP contribution in [0, 0.1) is 25.5 Å². The summed E-state index contributed by atoms with van der Waals surface area (Å²) in [6.45, 7) is 3.13. The number of hydrogen-bond donors (Lipinski definition) is 2. The summed E-state index contributed by atoms with van der Waals surface area (Å²) in [6, 6.07) is 5.23. The van der Waals surface area contributed by atoms with Crippen LogP contribution in [0.3, 0.4) is 0 Å². The van der Waals surface area contributed by atoms with Gasteiger partial charge in [-0.3, -0.25) is 4.79 Å². The molecule has 0 radical (unpaired) electrons. The summed E-state index contributed by atoms with van der Waals surface area (Å²) in [5.74, 6) is -1.83. The predicted octanol–water partition coefficient (Wildman–Crippen LogP) is 4.18. The molecule has 0 aliphatic heterocycles. The van der Waals surface area contributed by atoms with E-state index in [1.54, 1.807) is 19.1 Å². The lowest BCUT2D eigenvalue weighted by Crippen LogP contribution is -2.15. The minimum Gasteiger partial charge on any atom is -0.398 e. The Labute approximate surface area is 129 Å². The van der Waals surface area contributed by atoms with Gasteiger partial charge >= 0.3 is 0 Å². The van der Waals surface area contributed by atoms with Gasteiger partial charge < -0.3 is 11.1 Å². The van der Waals surface area contributed by atoms with Gasteiger partial charge in [0.05, 0.1) is 5.69 Å². The van der Waals surface area contributed by atoms with Crippen molar-refractivity contribution in [3.63, 3.8) is 0 Å². The molecule has 0 aromatic heterocycles. The molecule has 21 heavy (non-hydrogen) atoms. The number of nitrogens with one attached hydrogen (secondary N) is 1. The number of carbonyl (C=O) groups excluding carboxylic acids is 1. The highest BCUT2D eigenvalue weighted by Gasteiger charge is 2.15. The monoisotopic (exact) mass is 354 g/mol. The Kier molecular flexibility index (Phi) is 4.27. The molecule has 0 bridgehead atoms. The largest absolute Gasteiger partial charge is 0.398 e. The van der Waals surface area contributed by atoms with Crippen LogP contribution in [-0.4, -0.2) is 5.91 Å². The molecular formula is C15H13BrF2N2O. The van der Waals surface area contributed by atoms with Gasteiger partial charge in [0, 0.05) is 21.8 Å². The van der Waals surface area contributed by atoms with Crippen molar-refractivity contribution in [1.29, 1.82) is 0 Å². The normalized spacial score (nSPS) is 10.5. The molecule has 3 N–H and O–H groups in total. The van der Waals surface area contributed by atoms with Crippen LogP contribution in [0.2, 0.25) is 0 Å². The predicted molar refractivity (Wildman–Crippen MR) is 82.3 cm³/mol. The van der Waals surface area contributed by atoms with Crippen molar-refractivity contribution in [3.05, 3.63) is 57.1 Å². The lowest BCUT2D eigenvalue weighted by Gasteiger charge is -2.11. The second-order valence-corrected chi connectivity index (χ2v) is 5.62. The van der Waals surface area contributed by atoms with Crippen molar-refractivity contribution >= 4 is 33.2 Å². The Hall–Kier alpha value is -1.95.